The molecule has 0 aliphatic carbocycles. The van der Waals surface area contributed by atoms with Crippen molar-refractivity contribution >= 4 is 28.4 Å². The number of nitrogens with zero attached hydrogens (tertiary/aromatic N) is 2. The van der Waals surface area contributed by atoms with E-state index in [1.165, 1.54) is 11.3 Å². The molecule has 20 heavy (non-hydrogen) atoms. The standard InChI is InChI=1S/C15H15N3OS/c1-9-5-3-4-6-11(9)18-7-12(19)13(14(18)16)15-17-10(2)8-20-15/h3-6,8,16,19H,7H2,1-2H3. The van der Waals surface area contributed by atoms with Crippen LogP contribution in [0.3, 0.4) is 0 Å². The van der Waals surface area contributed by atoms with E-state index in [9.17, 15) is 5.11 Å². The van der Waals surface area contributed by atoms with Gasteiger partial charge in [-0.15, -0.1) is 11.3 Å². The molecule has 0 radical (unpaired) electrons. The molecule has 1 aliphatic heterocycles. The predicted octanol–water partition coefficient (Wildman–Crippen LogP) is 3.53. The number of aryl methyl sites for hydroxylation is 2. The van der Waals surface area contributed by atoms with Crippen molar-refractivity contribution in [3.05, 3.63) is 51.7 Å². The van der Waals surface area contributed by atoms with Gasteiger partial charge in [-0.05, 0) is 25.5 Å². The van der Waals surface area contributed by atoms with Gasteiger partial charge in [-0.3, -0.25) is 5.41 Å². The van der Waals surface area contributed by atoms with E-state index >= 15 is 0 Å². The molecular formula is C15H15N3OS. The van der Waals surface area contributed by atoms with Gasteiger partial charge < -0.3 is 10.0 Å². The molecule has 0 fully saturated rings. The Kier molecular flexibility index (Phi) is 3.06. The summed E-state index contributed by atoms with van der Waals surface area (Å²) in [6.07, 6.45) is 0. The summed E-state index contributed by atoms with van der Waals surface area (Å²) in [7, 11) is 0. The molecule has 0 amide bonds. The first-order valence-corrected chi connectivity index (χ1v) is 7.22. The molecule has 3 rings (SSSR count). The lowest BCUT2D eigenvalue weighted by Gasteiger charge is -2.20. The molecule has 1 aromatic carbocycles. The molecule has 0 atom stereocenters. The lowest BCUT2D eigenvalue weighted by Crippen LogP contribution is -2.26. The van der Waals surface area contributed by atoms with E-state index in [1.54, 1.807) is 0 Å². The number of para-hydroxylation sites is 1. The van der Waals surface area contributed by atoms with Crippen LogP contribution in [0.4, 0.5) is 5.69 Å². The predicted molar refractivity (Wildman–Crippen MR) is 82.7 cm³/mol. The van der Waals surface area contributed by atoms with Crippen LogP contribution in [-0.2, 0) is 0 Å². The molecule has 1 aromatic heterocycles. The van der Waals surface area contributed by atoms with Crippen LogP contribution in [0.5, 0.6) is 0 Å². The second-order valence-electron chi connectivity index (χ2n) is 4.84. The molecule has 2 aromatic rings. The highest BCUT2D eigenvalue weighted by Gasteiger charge is 2.31. The fourth-order valence-corrected chi connectivity index (χ4v) is 3.21. The fourth-order valence-electron chi connectivity index (χ4n) is 2.34. The highest BCUT2D eigenvalue weighted by Crippen LogP contribution is 2.33. The third-order valence-electron chi connectivity index (χ3n) is 3.34. The lowest BCUT2D eigenvalue weighted by molar-refractivity contribution is 0.411. The van der Waals surface area contributed by atoms with Gasteiger partial charge >= 0.3 is 0 Å². The Bertz CT molecular complexity index is 717. The van der Waals surface area contributed by atoms with Gasteiger partial charge in [0, 0.05) is 16.8 Å². The van der Waals surface area contributed by atoms with E-state index in [4.69, 9.17) is 5.41 Å². The number of aliphatic hydroxyl groups is 1. The first-order valence-electron chi connectivity index (χ1n) is 6.34. The molecule has 1 aliphatic rings. The summed E-state index contributed by atoms with van der Waals surface area (Å²) < 4.78 is 0. The monoisotopic (exact) mass is 285 g/mol. The Morgan fingerprint density at radius 3 is 2.70 bits per heavy atom. The van der Waals surface area contributed by atoms with Crippen LogP contribution in [0, 0.1) is 19.3 Å². The van der Waals surface area contributed by atoms with Crippen LogP contribution >= 0.6 is 11.3 Å². The molecule has 0 unspecified atom stereocenters. The van der Waals surface area contributed by atoms with E-state index in [1.807, 2.05) is 48.4 Å². The van der Waals surface area contributed by atoms with Crippen LogP contribution in [0.1, 0.15) is 16.3 Å². The summed E-state index contributed by atoms with van der Waals surface area (Å²) in [5.41, 5.74) is 3.49. The molecule has 5 heteroatoms. The van der Waals surface area contributed by atoms with E-state index in [2.05, 4.69) is 4.98 Å². The largest absolute Gasteiger partial charge is 0.510 e. The summed E-state index contributed by atoms with van der Waals surface area (Å²) in [6, 6.07) is 7.88. The van der Waals surface area contributed by atoms with Crippen LogP contribution in [-0.4, -0.2) is 22.5 Å². The number of aromatic nitrogens is 1. The summed E-state index contributed by atoms with van der Waals surface area (Å²) in [6.45, 7) is 4.25. The summed E-state index contributed by atoms with van der Waals surface area (Å²) in [4.78, 5) is 6.19. The maximum atomic E-state index is 10.2. The molecular weight excluding hydrogens is 270 g/mol. The number of rotatable bonds is 2. The molecule has 4 nitrogen and oxygen atoms in total. The van der Waals surface area contributed by atoms with Crippen molar-refractivity contribution in [1.29, 1.82) is 5.41 Å². The first-order chi connectivity index (χ1) is 9.58. The normalized spacial score (nSPS) is 15.3. The van der Waals surface area contributed by atoms with Crippen molar-refractivity contribution in [3.8, 4) is 0 Å². The van der Waals surface area contributed by atoms with Crippen molar-refractivity contribution in [2.24, 2.45) is 0 Å². The second kappa shape index (κ2) is 4.76. The number of hydrogen-bond donors (Lipinski definition) is 2. The van der Waals surface area contributed by atoms with Gasteiger partial charge in [0.15, 0.2) is 0 Å². The highest BCUT2D eigenvalue weighted by molar-refractivity contribution is 7.11. The minimum atomic E-state index is 0.215. The van der Waals surface area contributed by atoms with E-state index in [0.717, 1.165) is 16.9 Å². The van der Waals surface area contributed by atoms with Gasteiger partial charge in [0.1, 0.15) is 16.6 Å². The van der Waals surface area contributed by atoms with Crippen LogP contribution < -0.4 is 4.90 Å². The van der Waals surface area contributed by atoms with E-state index in [0.29, 0.717) is 23.0 Å². The van der Waals surface area contributed by atoms with Crippen LogP contribution in [0.15, 0.2) is 35.4 Å². The van der Waals surface area contributed by atoms with Crippen LogP contribution in [0.25, 0.3) is 5.57 Å². The van der Waals surface area contributed by atoms with Crippen molar-refractivity contribution < 1.29 is 5.11 Å². The Labute approximate surface area is 121 Å². The van der Waals surface area contributed by atoms with Gasteiger partial charge in [-0.25, -0.2) is 4.98 Å². The Balaban J connectivity index is 1.99. The number of anilines is 1. The molecule has 2 heterocycles. The quantitative estimate of drug-likeness (QED) is 0.887. The Hall–Kier alpha value is -2.14. The number of amidine groups is 1. The fraction of sp³-hybridized carbons (Fsp3) is 0.200. The van der Waals surface area contributed by atoms with Crippen molar-refractivity contribution in [2.75, 3.05) is 11.4 Å². The molecule has 2 N–H and O–H groups in total. The summed E-state index contributed by atoms with van der Waals surface area (Å²) in [5.74, 6) is 0.527. The Morgan fingerprint density at radius 1 is 1.30 bits per heavy atom. The number of benzene rings is 1. The van der Waals surface area contributed by atoms with E-state index < -0.39 is 0 Å². The maximum absolute atomic E-state index is 10.2. The van der Waals surface area contributed by atoms with Gasteiger partial charge in [0.2, 0.25) is 0 Å². The summed E-state index contributed by atoms with van der Waals surface area (Å²) in [5, 5.41) is 21.2. The average Bonchev–Trinajstić information content (AvgIpc) is 2.94. The molecule has 0 saturated carbocycles. The number of aliphatic hydroxyl groups excluding tert-OH is 1. The van der Waals surface area contributed by atoms with Gasteiger partial charge in [-0.1, -0.05) is 18.2 Å². The number of hydrogen-bond acceptors (Lipinski definition) is 4. The van der Waals surface area contributed by atoms with Crippen molar-refractivity contribution in [1.82, 2.24) is 4.98 Å². The van der Waals surface area contributed by atoms with Crippen molar-refractivity contribution in [2.45, 2.75) is 13.8 Å². The molecule has 0 spiro atoms. The minimum absolute atomic E-state index is 0.215. The SMILES string of the molecule is Cc1csc(C2=C(O)CN(c3ccccc3C)C2=N)n1. The molecule has 0 bridgehead atoms. The van der Waals surface area contributed by atoms with Crippen molar-refractivity contribution in [3.63, 3.8) is 0 Å². The van der Waals surface area contributed by atoms with Gasteiger partial charge in [0.25, 0.3) is 0 Å². The lowest BCUT2D eigenvalue weighted by atomic mass is 10.2. The van der Waals surface area contributed by atoms with Gasteiger partial charge in [0.05, 0.1) is 12.1 Å². The zero-order valence-electron chi connectivity index (χ0n) is 11.3. The topological polar surface area (TPSA) is 60.2 Å². The second-order valence-corrected chi connectivity index (χ2v) is 5.70. The average molecular weight is 285 g/mol. The number of nitrogens with one attached hydrogen (secondary N) is 1. The first kappa shape index (κ1) is 12.9. The minimum Gasteiger partial charge on any atom is -0.510 e. The number of thiazole rings is 1. The maximum Gasteiger partial charge on any atom is 0.139 e. The highest BCUT2D eigenvalue weighted by atomic mass is 32.1. The molecule has 102 valence electrons. The Morgan fingerprint density at radius 2 is 2.05 bits per heavy atom. The van der Waals surface area contributed by atoms with Crippen LogP contribution in [0.2, 0.25) is 0 Å². The van der Waals surface area contributed by atoms with Gasteiger partial charge in [-0.2, -0.15) is 0 Å². The van der Waals surface area contributed by atoms with E-state index in [-0.39, 0.29) is 5.76 Å². The summed E-state index contributed by atoms with van der Waals surface area (Å²) >= 11 is 1.46. The third-order valence-corrected chi connectivity index (χ3v) is 4.32. The molecule has 0 saturated heterocycles. The zero-order valence-corrected chi connectivity index (χ0v) is 12.2. The third kappa shape index (κ3) is 2.00. The zero-order chi connectivity index (χ0) is 14.3. The smallest absolute Gasteiger partial charge is 0.139 e.